The minimum Gasteiger partial charge on any atom is -0.451 e. The summed E-state index contributed by atoms with van der Waals surface area (Å²) in [6.07, 6.45) is 1.05. The largest absolute Gasteiger partial charge is 0.451 e. The Labute approximate surface area is 157 Å². The van der Waals surface area contributed by atoms with Crippen LogP contribution < -0.4 is 5.32 Å². The summed E-state index contributed by atoms with van der Waals surface area (Å²) in [5.74, 6) is 0.638. The summed E-state index contributed by atoms with van der Waals surface area (Å²) in [5.41, 5.74) is 2.42. The number of nitrogens with zero attached hydrogens (tertiary/aromatic N) is 1. The molecule has 6 nitrogen and oxygen atoms in total. The molecule has 0 aliphatic rings. The summed E-state index contributed by atoms with van der Waals surface area (Å²) >= 11 is 0. The first-order chi connectivity index (χ1) is 13.0. The number of rotatable bonds is 6. The molecule has 1 atom stereocenters. The van der Waals surface area contributed by atoms with Crippen molar-refractivity contribution in [1.82, 2.24) is 0 Å². The lowest BCUT2D eigenvalue weighted by Crippen LogP contribution is -2.10. The van der Waals surface area contributed by atoms with E-state index in [1.54, 1.807) is 24.3 Å². The minimum atomic E-state index is -0.469. The average molecular weight is 364 g/mol. The Morgan fingerprint density at radius 3 is 2.56 bits per heavy atom. The van der Waals surface area contributed by atoms with Crippen LogP contribution in [0.3, 0.4) is 0 Å². The zero-order valence-electron chi connectivity index (χ0n) is 15.1. The number of anilines is 1. The van der Waals surface area contributed by atoms with Gasteiger partial charge >= 0.3 is 0 Å². The second-order valence-corrected chi connectivity index (χ2v) is 6.36. The van der Waals surface area contributed by atoms with Gasteiger partial charge in [0.2, 0.25) is 0 Å². The molecule has 3 aromatic rings. The molecule has 0 spiro atoms. The van der Waals surface area contributed by atoms with E-state index in [0.717, 1.165) is 6.42 Å². The first kappa shape index (κ1) is 18.4. The van der Waals surface area contributed by atoms with E-state index in [4.69, 9.17) is 4.42 Å². The Kier molecular flexibility index (Phi) is 5.35. The lowest BCUT2D eigenvalue weighted by atomic mass is 9.99. The van der Waals surface area contributed by atoms with E-state index >= 15 is 0 Å². The first-order valence-corrected chi connectivity index (χ1v) is 8.74. The van der Waals surface area contributed by atoms with Crippen LogP contribution in [0.2, 0.25) is 0 Å². The molecule has 0 bridgehead atoms. The SMILES string of the molecule is CC[C@@H](C)c1ccc(NC(=O)c2ccc(-c3cccc([N+](=O)[O-])c3)o2)cc1. The predicted molar refractivity (Wildman–Crippen MR) is 104 cm³/mol. The van der Waals surface area contributed by atoms with Crippen molar-refractivity contribution in [2.75, 3.05) is 5.32 Å². The number of carbonyl (C=O) groups excluding carboxylic acids is 1. The number of nitro benzene ring substituents is 1. The molecule has 2 aromatic carbocycles. The Bertz CT molecular complexity index is 960. The Morgan fingerprint density at radius 1 is 1.15 bits per heavy atom. The number of non-ortho nitro benzene ring substituents is 1. The quantitative estimate of drug-likeness (QED) is 0.454. The smallest absolute Gasteiger partial charge is 0.291 e. The topological polar surface area (TPSA) is 85.4 Å². The van der Waals surface area contributed by atoms with Gasteiger partial charge in [0.25, 0.3) is 11.6 Å². The Balaban J connectivity index is 1.73. The minimum absolute atomic E-state index is 0.0312. The van der Waals surface area contributed by atoms with Crippen LogP contribution in [-0.2, 0) is 0 Å². The van der Waals surface area contributed by atoms with Gasteiger partial charge in [0.15, 0.2) is 5.76 Å². The molecule has 0 radical (unpaired) electrons. The molecule has 138 valence electrons. The fourth-order valence-corrected chi connectivity index (χ4v) is 2.71. The van der Waals surface area contributed by atoms with Crippen LogP contribution in [0.15, 0.2) is 65.1 Å². The van der Waals surface area contributed by atoms with Crippen LogP contribution in [0.1, 0.15) is 42.3 Å². The van der Waals surface area contributed by atoms with Crippen molar-refractivity contribution in [2.24, 2.45) is 0 Å². The van der Waals surface area contributed by atoms with E-state index in [9.17, 15) is 14.9 Å². The van der Waals surface area contributed by atoms with Crippen LogP contribution in [0.5, 0.6) is 0 Å². The molecule has 0 saturated carbocycles. The monoisotopic (exact) mass is 364 g/mol. The van der Waals surface area contributed by atoms with Gasteiger partial charge in [0.05, 0.1) is 4.92 Å². The second kappa shape index (κ2) is 7.86. The summed E-state index contributed by atoms with van der Waals surface area (Å²) in [6.45, 7) is 4.29. The van der Waals surface area contributed by atoms with Gasteiger partial charge in [-0.15, -0.1) is 0 Å². The van der Waals surface area contributed by atoms with E-state index in [0.29, 0.717) is 22.9 Å². The Morgan fingerprint density at radius 2 is 1.89 bits per heavy atom. The molecule has 0 unspecified atom stereocenters. The van der Waals surface area contributed by atoms with Crippen molar-refractivity contribution in [3.63, 3.8) is 0 Å². The number of hydrogen-bond donors (Lipinski definition) is 1. The summed E-state index contributed by atoms with van der Waals surface area (Å²) in [6, 6.07) is 17.0. The molecule has 27 heavy (non-hydrogen) atoms. The maximum atomic E-state index is 12.4. The number of hydrogen-bond acceptors (Lipinski definition) is 4. The average Bonchev–Trinajstić information content (AvgIpc) is 3.18. The van der Waals surface area contributed by atoms with Crippen LogP contribution in [0.4, 0.5) is 11.4 Å². The molecule has 1 heterocycles. The number of nitro groups is 1. The molecule has 1 N–H and O–H groups in total. The van der Waals surface area contributed by atoms with Gasteiger partial charge in [-0.3, -0.25) is 14.9 Å². The van der Waals surface area contributed by atoms with Crippen molar-refractivity contribution in [3.8, 4) is 11.3 Å². The highest BCUT2D eigenvalue weighted by molar-refractivity contribution is 6.02. The van der Waals surface area contributed by atoms with Gasteiger partial charge in [0, 0.05) is 23.4 Å². The van der Waals surface area contributed by atoms with Gasteiger partial charge in [-0.2, -0.15) is 0 Å². The summed E-state index contributed by atoms with van der Waals surface area (Å²) < 4.78 is 5.58. The number of carbonyl (C=O) groups is 1. The van der Waals surface area contributed by atoms with E-state index in [1.807, 2.05) is 24.3 Å². The molecule has 6 heteroatoms. The van der Waals surface area contributed by atoms with Crippen molar-refractivity contribution >= 4 is 17.3 Å². The molecule has 0 fully saturated rings. The highest BCUT2D eigenvalue weighted by Gasteiger charge is 2.14. The number of amides is 1. The third-order valence-corrected chi connectivity index (χ3v) is 4.52. The molecule has 0 aliphatic carbocycles. The van der Waals surface area contributed by atoms with Gasteiger partial charge in [0.1, 0.15) is 5.76 Å². The highest BCUT2D eigenvalue weighted by Crippen LogP contribution is 2.26. The zero-order valence-corrected chi connectivity index (χ0v) is 15.1. The van der Waals surface area contributed by atoms with Crippen molar-refractivity contribution in [1.29, 1.82) is 0 Å². The van der Waals surface area contributed by atoms with Crippen LogP contribution >= 0.6 is 0 Å². The van der Waals surface area contributed by atoms with E-state index in [-0.39, 0.29) is 17.4 Å². The van der Waals surface area contributed by atoms with Crippen molar-refractivity contribution in [2.45, 2.75) is 26.2 Å². The van der Waals surface area contributed by atoms with E-state index in [1.165, 1.54) is 17.7 Å². The zero-order chi connectivity index (χ0) is 19.4. The molecule has 0 saturated heterocycles. The standard InChI is InChI=1S/C21H20N2O4/c1-3-14(2)15-7-9-17(10-8-15)22-21(24)20-12-11-19(27-20)16-5-4-6-18(13-16)23(25)26/h4-14H,3H2,1-2H3,(H,22,24)/t14-/m1/s1. The highest BCUT2D eigenvalue weighted by atomic mass is 16.6. The first-order valence-electron chi connectivity index (χ1n) is 8.74. The van der Waals surface area contributed by atoms with Crippen LogP contribution in [-0.4, -0.2) is 10.8 Å². The van der Waals surface area contributed by atoms with Gasteiger partial charge < -0.3 is 9.73 Å². The molecule has 0 aliphatic heterocycles. The molecule has 3 rings (SSSR count). The lowest BCUT2D eigenvalue weighted by Gasteiger charge is -2.10. The molecular weight excluding hydrogens is 344 g/mol. The third-order valence-electron chi connectivity index (χ3n) is 4.52. The van der Waals surface area contributed by atoms with E-state index in [2.05, 4.69) is 19.2 Å². The van der Waals surface area contributed by atoms with Crippen LogP contribution in [0.25, 0.3) is 11.3 Å². The summed E-state index contributed by atoms with van der Waals surface area (Å²) in [5, 5.41) is 13.7. The molecule has 1 amide bonds. The maximum Gasteiger partial charge on any atom is 0.291 e. The number of benzene rings is 2. The lowest BCUT2D eigenvalue weighted by molar-refractivity contribution is -0.384. The second-order valence-electron chi connectivity index (χ2n) is 6.36. The normalized spacial score (nSPS) is 11.8. The number of nitrogens with one attached hydrogen (secondary N) is 1. The number of furan rings is 1. The van der Waals surface area contributed by atoms with Gasteiger partial charge in [-0.05, 0) is 42.2 Å². The maximum absolute atomic E-state index is 12.4. The fourth-order valence-electron chi connectivity index (χ4n) is 2.71. The summed E-state index contributed by atoms with van der Waals surface area (Å²) in [7, 11) is 0. The van der Waals surface area contributed by atoms with Crippen LogP contribution in [0, 0.1) is 10.1 Å². The Hall–Kier alpha value is -3.41. The molecular formula is C21H20N2O4. The fraction of sp³-hybridized carbons (Fsp3) is 0.190. The van der Waals surface area contributed by atoms with Crippen molar-refractivity contribution in [3.05, 3.63) is 82.1 Å². The van der Waals surface area contributed by atoms with Gasteiger partial charge in [-0.25, -0.2) is 0 Å². The van der Waals surface area contributed by atoms with E-state index < -0.39 is 4.92 Å². The molecule has 1 aromatic heterocycles. The predicted octanol–water partition coefficient (Wildman–Crippen LogP) is 5.62. The third kappa shape index (κ3) is 4.23. The van der Waals surface area contributed by atoms with Gasteiger partial charge in [-0.1, -0.05) is 38.1 Å². The van der Waals surface area contributed by atoms with Crippen molar-refractivity contribution < 1.29 is 14.1 Å². The summed E-state index contributed by atoms with van der Waals surface area (Å²) in [4.78, 5) is 22.8.